The first-order chi connectivity index (χ1) is 6.66. The molecule has 14 heavy (non-hydrogen) atoms. The number of rotatable bonds is 1. The van der Waals surface area contributed by atoms with Crippen molar-refractivity contribution in [2.24, 2.45) is 0 Å². The van der Waals surface area contributed by atoms with Crippen LogP contribution in [0.25, 0.3) is 0 Å². The van der Waals surface area contributed by atoms with E-state index in [1.807, 2.05) is 0 Å². The number of carbonyl (C=O) groups is 1. The third-order valence-electron chi connectivity index (χ3n) is 2.34. The second kappa shape index (κ2) is 3.58. The predicted octanol–water partition coefficient (Wildman–Crippen LogP) is 2.43. The SMILES string of the molecule is O=C1CC[C@@H](c2ccc(Cl)c(F)c2)N1. The molecule has 2 nitrogen and oxygen atoms in total. The molecule has 0 saturated carbocycles. The monoisotopic (exact) mass is 213 g/mol. The van der Waals surface area contributed by atoms with Gasteiger partial charge >= 0.3 is 0 Å². The number of hydrogen-bond acceptors (Lipinski definition) is 1. The first kappa shape index (κ1) is 9.46. The Labute approximate surface area is 86.1 Å². The molecule has 0 unspecified atom stereocenters. The number of halogens is 2. The molecule has 2 rings (SSSR count). The Morgan fingerprint density at radius 1 is 1.50 bits per heavy atom. The van der Waals surface area contributed by atoms with Crippen molar-refractivity contribution in [3.8, 4) is 0 Å². The normalized spacial score (nSPS) is 21.0. The fourth-order valence-corrected chi connectivity index (χ4v) is 1.71. The number of nitrogens with one attached hydrogen (secondary N) is 1. The summed E-state index contributed by atoms with van der Waals surface area (Å²) in [6, 6.07) is 4.56. The van der Waals surface area contributed by atoms with Crippen molar-refractivity contribution in [3.05, 3.63) is 34.6 Å². The van der Waals surface area contributed by atoms with E-state index >= 15 is 0 Å². The quantitative estimate of drug-likeness (QED) is 0.763. The van der Waals surface area contributed by atoms with E-state index in [0.717, 1.165) is 12.0 Å². The molecule has 0 bridgehead atoms. The number of benzene rings is 1. The van der Waals surface area contributed by atoms with Crippen LogP contribution in [-0.2, 0) is 4.79 Å². The Hall–Kier alpha value is -1.09. The Morgan fingerprint density at radius 2 is 2.29 bits per heavy atom. The Balaban J connectivity index is 2.24. The minimum Gasteiger partial charge on any atom is -0.349 e. The predicted molar refractivity (Wildman–Crippen MR) is 51.5 cm³/mol. The minimum atomic E-state index is -0.440. The van der Waals surface area contributed by atoms with Gasteiger partial charge in [-0.05, 0) is 24.1 Å². The van der Waals surface area contributed by atoms with Crippen LogP contribution in [0, 0.1) is 5.82 Å². The van der Waals surface area contributed by atoms with Gasteiger partial charge in [0.25, 0.3) is 0 Å². The Morgan fingerprint density at radius 3 is 2.86 bits per heavy atom. The molecule has 1 fully saturated rings. The van der Waals surface area contributed by atoms with Gasteiger partial charge < -0.3 is 5.32 Å². The molecule has 1 aliphatic rings. The van der Waals surface area contributed by atoms with Gasteiger partial charge in [-0.3, -0.25) is 4.79 Å². The fourth-order valence-electron chi connectivity index (χ4n) is 1.59. The van der Waals surface area contributed by atoms with Gasteiger partial charge in [0, 0.05) is 6.42 Å². The van der Waals surface area contributed by atoms with E-state index in [1.165, 1.54) is 12.1 Å². The van der Waals surface area contributed by atoms with Crippen molar-refractivity contribution in [1.82, 2.24) is 5.32 Å². The first-order valence-electron chi connectivity index (χ1n) is 4.41. The van der Waals surface area contributed by atoms with Crippen LogP contribution in [0.1, 0.15) is 24.4 Å². The van der Waals surface area contributed by atoms with Gasteiger partial charge in [0.15, 0.2) is 0 Å². The van der Waals surface area contributed by atoms with Crippen LogP contribution in [0.4, 0.5) is 4.39 Å². The lowest BCUT2D eigenvalue weighted by Crippen LogP contribution is -2.18. The van der Waals surface area contributed by atoms with Crippen LogP contribution in [0.2, 0.25) is 5.02 Å². The maximum atomic E-state index is 13.1. The van der Waals surface area contributed by atoms with Crippen molar-refractivity contribution in [1.29, 1.82) is 0 Å². The summed E-state index contributed by atoms with van der Waals surface area (Å²) in [4.78, 5) is 10.9. The molecule has 1 aromatic rings. The summed E-state index contributed by atoms with van der Waals surface area (Å²) in [5, 5.41) is 2.88. The van der Waals surface area contributed by atoms with Gasteiger partial charge in [-0.1, -0.05) is 17.7 Å². The van der Waals surface area contributed by atoms with Crippen LogP contribution < -0.4 is 5.32 Å². The highest BCUT2D eigenvalue weighted by atomic mass is 35.5. The number of carbonyl (C=O) groups excluding carboxylic acids is 1. The van der Waals surface area contributed by atoms with Crippen molar-refractivity contribution in [2.45, 2.75) is 18.9 Å². The Bertz CT molecular complexity index is 380. The standard InChI is InChI=1S/C10H9ClFNO/c11-7-2-1-6(5-8(7)12)9-3-4-10(14)13-9/h1-2,5,9H,3-4H2,(H,13,14)/t9-/m0/s1. The molecule has 1 N–H and O–H groups in total. The molecule has 1 saturated heterocycles. The van der Waals surface area contributed by atoms with Crippen LogP contribution in [0.5, 0.6) is 0 Å². The molecule has 0 aromatic heterocycles. The van der Waals surface area contributed by atoms with Crippen molar-refractivity contribution in [3.63, 3.8) is 0 Å². The summed E-state index contributed by atoms with van der Waals surface area (Å²) in [7, 11) is 0. The topological polar surface area (TPSA) is 29.1 Å². The van der Waals surface area contributed by atoms with Gasteiger partial charge in [-0.2, -0.15) is 0 Å². The van der Waals surface area contributed by atoms with Gasteiger partial charge in [-0.25, -0.2) is 4.39 Å². The Kier molecular flexibility index (Phi) is 2.42. The summed E-state index contributed by atoms with van der Waals surface area (Å²) < 4.78 is 13.1. The van der Waals surface area contributed by atoms with E-state index in [4.69, 9.17) is 11.6 Å². The zero-order chi connectivity index (χ0) is 10.1. The van der Waals surface area contributed by atoms with Gasteiger partial charge in [-0.15, -0.1) is 0 Å². The summed E-state index contributed by atoms with van der Waals surface area (Å²) in [6.07, 6.45) is 1.23. The van der Waals surface area contributed by atoms with Crippen LogP contribution >= 0.6 is 11.6 Å². The average Bonchev–Trinajstić information content (AvgIpc) is 2.57. The zero-order valence-corrected chi connectivity index (χ0v) is 8.14. The third kappa shape index (κ3) is 1.73. The molecule has 0 aliphatic carbocycles. The summed E-state index contributed by atoms with van der Waals surface area (Å²) in [5.41, 5.74) is 0.776. The molecule has 1 aromatic carbocycles. The zero-order valence-electron chi connectivity index (χ0n) is 7.39. The van der Waals surface area contributed by atoms with Gasteiger partial charge in [0.05, 0.1) is 11.1 Å². The maximum absolute atomic E-state index is 13.1. The van der Waals surface area contributed by atoms with E-state index in [-0.39, 0.29) is 17.0 Å². The van der Waals surface area contributed by atoms with E-state index in [1.54, 1.807) is 6.07 Å². The minimum absolute atomic E-state index is 0.0189. The smallest absolute Gasteiger partial charge is 0.220 e. The molecule has 74 valence electrons. The number of hydrogen-bond donors (Lipinski definition) is 1. The van der Waals surface area contributed by atoms with E-state index in [9.17, 15) is 9.18 Å². The van der Waals surface area contributed by atoms with Crippen LogP contribution in [-0.4, -0.2) is 5.91 Å². The van der Waals surface area contributed by atoms with Crippen LogP contribution in [0.3, 0.4) is 0 Å². The first-order valence-corrected chi connectivity index (χ1v) is 4.79. The van der Waals surface area contributed by atoms with Gasteiger partial charge in [0.1, 0.15) is 5.82 Å². The molecular formula is C10H9ClFNO. The second-order valence-corrected chi connectivity index (χ2v) is 3.74. The van der Waals surface area contributed by atoms with Crippen molar-refractivity contribution < 1.29 is 9.18 Å². The van der Waals surface area contributed by atoms with E-state index in [0.29, 0.717) is 6.42 Å². The van der Waals surface area contributed by atoms with Gasteiger partial charge in [0.2, 0.25) is 5.91 Å². The lowest BCUT2D eigenvalue weighted by molar-refractivity contribution is -0.119. The fraction of sp³-hybridized carbons (Fsp3) is 0.300. The molecule has 4 heteroatoms. The third-order valence-corrected chi connectivity index (χ3v) is 2.65. The highest BCUT2D eigenvalue weighted by Crippen LogP contribution is 2.26. The maximum Gasteiger partial charge on any atom is 0.220 e. The summed E-state index contributed by atoms with van der Waals surface area (Å²) in [5.74, 6) is -0.421. The van der Waals surface area contributed by atoms with Crippen LogP contribution in [0.15, 0.2) is 18.2 Å². The lowest BCUT2D eigenvalue weighted by atomic mass is 10.1. The highest BCUT2D eigenvalue weighted by Gasteiger charge is 2.22. The highest BCUT2D eigenvalue weighted by molar-refractivity contribution is 6.30. The number of amides is 1. The lowest BCUT2D eigenvalue weighted by Gasteiger charge is -2.10. The second-order valence-electron chi connectivity index (χ2n) is 3.33. The van der Waals surface area contributed by atoms with E-state index < -0.39 is 5.82 Å². The molecule has 1 heterocycles. The van der Waals surface area contributed by atoms with E-state index in [2.05, 4.69) is 5.32 Å². The molecule has 1 aliphatic heterocycles. The molecular weight excluding hydrogens is 205 g/mol. The molecule has 1 atom stereocenters. The average molecular weight is 214 g/mol. The van der Waals surface area contributed by atoms with Crippen molar-refractivity contribution >= 4 is 17.5 Å². The largest absolute Gasteiger partial charge is 0.349 e. The molecule has 1 amide bonds. The summed E-state index contributed by atoms with van der Waals surface area (Å²) >= 11 is 5.55. The van der Waals surface area contributed by atoms with Crippen molar-refractivity contribution in [2.75, 3.05) is 0 Å². The molecule has 0 radical (unpaired) electrons. The summed E-state index contributed by atoms with van der Waals surface area (Å²) in [6.45, 7) is 0. The molecule has 0 spiro atoms.